The molecule has 5 nitrogen and oxygen atoms in total. The number of hydrogen-bond acceptors (Lipinski definition) is 5. The van der Waals surface area contributed by atoms with E-state index in [0.29, 0.717) is 36.3 Å². The minimum Gasteiger partial charge on any atom is -0.306 e. The first-order valence-electron chi connectivity index (χ1n) is 5.98. The molecule has 0 atom stereocenters. The average Bonchev–Trinajstić information content (AvgIpc) is 2.91. The van der Waals surface area contributed by atoms with Gasteiger partial charge < -0.3 is 4.90 Å². The Morgan fingerprint density at radius 2 is 2.16 bits per heavy atom. The Morgan fingerprint density at radius 1 is 1.32 bits per heavy atom. The normalized spacial score (nSPS) is 14.9. The molecule has 0 bridgehead atoms. The first-order chi connectivity index (χ1) is 9.27. The summed E-state index contributed by atoms with van der Waals surface area (Å²) in [6, 6.07) is 7.21. The zero-order valence-electron chi connectivity index (χ0n) is 10.1. The van der Waals surface area contributed by atoms with Crippen molar-refractivity contribution < 1.29 is 9.59 Å². The number of anilines is 1. The summed E-state index contributed by atoms with van der Waals surface area (Å²) in [4.78, 5) is 26.0. The molecular formula is C13H11N3O2S. The summed E-state index contributed by atoms with van der Waals surface area (Å²) in [6.07, 6.45) is 1.13. The molecule has 3 rings (SSSR count). The minimum absolute atomic E-state index is 0.0855. The van der Waals surface area contributed by atoms with Crippen molar-refractivity contribution in [2.24, 2.45) is 0 Å². The van der Waals surface area contributed by atoms with E-state index in [0.717, 1.165) is 11.5 Å². The van der Waals surface area contributed by atoms with Crippen LogP contribution in [-0.4, -0.2) is 27.8 Å². The van der Waals surface area contributed by atoms with Crippen LogP contribution in [0.5, 0.6) is 0 Å². The Hall–Kier alpha value is -2.08. The third-order valence-electron chi connectivity index (χ3n) is 3.11. The summed E-state index contributed by atoms with van der Waals surface area (Å²) >= 11 is 1.14. The standard InChI is InChI=1S/C13H11N3O2S/c17-12-6-3-7-16(11-5-2-1-4-9(11)12)13(18)10-8-19-15-14-10/h1-2,4-5,8H,3,6-7H2. The molecule has 0 spiro atoms. The van der Waals surface area contributed by atoms with Gasteiger partial charge in [0.25, 0.3) is 5.91 Å². The lowest BCUT2D eigenvalue weighted by Gasteiger charge is -2.21. The smallest absolute Gasteiger partial charge is 0.279 e. The highest BCUT2D eigenvalue weighted by atomic mass is 32.1. The second kappa shape index (κ2) is 4.89. The van der Waals surface area contributed by atoms with Gasteiger partial charge in [-0.05, 0) is 30.1 Å². The lowest BCUT2D eigenvalue weighted by Crippen LogP contribution is -2.32. The van der Waals surface area contributed by atoms with Crippen LogP contribution >= 0.6 is 11.5 Å². The molecule has 0 N–H and O–H groups in total. The first-order valence-corrected chi connectivity index (χ1v) is 6.82. The van der Waals surface area contributed by atoms with Crippen molar-refractivity contribution >= 4 is 28.9 Å². The Morgan fingerprint density at radius 3 is 2.95 bits per heavy atom. The highest BCUT2D eigenvalue weighted by Crippen LogP contribution is 2.27. The molecular weight excluding hydrogens is 262 g/mol. The summed E-state index contributed by atoms with van der Waals surface area (Å²) in [5, 5.41) is 5.43. The van der Waals surface area contributed by atoms with Gasteiger partial charge in [-0.25, -0.2) is 0 Å². The SMILES string of the molecule is O=C1CCCN(C(=O)c2csnn2)c2ccccc21. The van der Waals surface area contributed by atoms with Crippen LogP contribution in [0.25, 0.3) is 0 Å². The second-order valence-corrected chi connectivity index (χ2v) is 4.90. The zero-order chi connectivity index (χ0) is 13.2. The van der Waals surface area contributed by atoms with Crippen molar-refractivity contribution in [2.45, 2.75) is 12.8 Å². The number of aromatic nitrogens is 2. The Labute approximate surface area is 114 Å². The number of carbonyl (C=O) groups excluding carboxylic acids is 2. The fraction of sp³-hybridized carbons (Fsp3) is 0.231. The van der Waals surface area contributed by atoms with Crippen LogP contribution in [0.3, 0.4) is 0 Å². The summed E-state index contributed by atoms with van der Waals surface area (Å²) in [7, 11) is 0. The third kappa shape index (κ3) is 2.15. The number of rotatable bonds is 1. The van der Waals surface area contributed by atoms with Crippen LogP contribution in [0.4, 0.5) is 5.69 Å². The first kappa shape index (κ1) is 12.0. The molecule has 6 heteroatoms. The number of benzene rings is 1. The van der Waals surface area contributed by atoms with Crippen LogP contribution < -0.4 is 4.90 Å². The van der Waals surface area contributed by atoms with Crippen molar-refractivity contribution in [1.29, 1.82) is 0 Å². The van der Waals surface area contributed by atoms with E-state index in [9.17, 15) is 9.59 Å². The average molecular weight is 273 g/mol. The van der Waals surface area contributed by atoms with Gasteiger partial charge >= 0.3 is 0 Å². The van der Waals surface area contributed by atoms with E-state index >= 15 is 0 Å². The Balaban J connectivity index is 2.04. The molecule has 0 aliphatic carbocycles. The van der Waals surface area contributed by atoms with Crippen LogP contribution in [-0.2, 0) is 0 Å². The molecule has 1 amide bonds. The molecule has 1 aliphatic heterocycles. The van der Waals surface area contributed by atoms with E-state index in [1.807, 2.05) is 12.1 Å². The van der Waals surface area contributed by atoms with Gasteiger partial charge in [0.1, 0.15) is 0 Å². The van der Waals surface area contributed by atoms with Gasteiger partial charge in [0.15, 0.2) is 11.5 Å². The molecule has 0 radical (unpaired) electrons. The van der Waals surface area contributed by atoms with Gasteiger partial charge in [0.05, 0.1) is 5.69 Å². The van der Waals surface area contributed by atoms with Crippen molar-refractivity contribution in [3.05, 3.63) is 40.9 Å². The Kier molecular flexibility index (Phi) is 3.08. The molecule has 0 saturated carbocycles. The molecule has 0 saturated heterocycles. The lowest BCUT2D eigenvalue weighted by atomic mass is 10.1. The quantitative estimate of drug-likeness (QED) is 0.798. The zero-order valence-corrected chi connectivity index (χ0v) is 10.9. The van der Waals surface area contributed by atoms with Crippen molar-refractivity contribution in [3.8, 4) is 0 Å². The van der Waals surface area contributed by atoms with Crippen molar-refractivity contribution in [3.63, 3.8) is 0 Å². The highest BCUT2D eigenvalue weighted by Gasteiger charge is 2.26. The number of para-hydroxylation sites is 1. The van der Waals surface area contributed by atoms with Gasteiger partial charge in [-0.3, -0.25) is 9.59 Å². The van der Waals surface area contributed by atoms with Gasteiger partial charge in [-0.15, -0.1) is 5.10 Å². The van der Waals surface area contributed by atoms with Gasteiger partial charge in [0, 0.05) is 23.9 Å². The van der Waals surface area contributed by atoms with Crippen LogP contribution in [0, 0.1) is 0 Å². The summed E-state index contributed by atoms with van der Waals surface area (Å²) in [5.41, 5.74) is 1.61. The van der Waals surface area contributed by atoms with E-state index in [1.54, 1.807) is 22.4 Å². The molecule has 19 heavy (non-hydrogen) atoms. The molecule has 1 aromatic carbocycles. The van der Waals surface area contributed by atoms with E-state index < -0.39 is 0 Å². The van der Waals surface area contributed by atoms with Crippen LogP contribution in [0.15, 0.2) is 29.6 Å². The maximum absolute atomic E-state index is 12.4. The molecule has 96 valence electrons. The third-order valence-corrected chi connectivity index (χ3v) is 3.61. The topological polar surface area (TPSA) is 63.2 Å². The number of amides is 1. The van der Waals surface area contributed by atoms with E-state index in [1.165, 1.54) is 0 Å². The number of nitrogens with zero attached hydrogens (tertiary/aromatic N) is 3. The number of fused-ring (bicyclic) bond motifs is 1. The lowest BCUT2D eigenvalue weighted by molar-refractivity contribution is 0.0971. The number of ketones is 1. The van der Waals surface area contributed by atoms with Crippen LogP contribution in [0.2, 0.25) is 0 Å². The highest BCUT2D eigenvalue weighted by molar-refractivity contribution is 7.03. The molecule has 0 unspecified atom stereocenters. The predicted octanol–water partition coefficient (Wildman–Crippen LogP) is 2.16. The molecule has 0 fully saturated rings. The van der Waals surface area contributed by atoms with E-state index in [4.69, 9.17) is 0 Å². The maximum Gasteiger partial charge on any atom is 0.279 e. The largest absolute Gasteiger partial charge is 0.306 e. The molecule has 2 aromatic rings. The predicted molar refractivity (Wildman–Crippen MR) is 71.6 cm³/mol. The monoisotopic (exact) mass is 273 g/mol. The van der Waals surface area contributed by atoms with E-state index in [-0.39, 0.29) is 11.7 Å². The summed E-state index contributed by atoms with van der Waals surface area (Å²) in [6.45, 7) is 0.527. The van der Waals surface area contributed by atoms with E-state index in [2.05, 4.69) is 9.59 Å². The molecule has 1 aromatic heterocycles. The van der Waals surface area contributed by atoms with Gasteiger partial charge in [-0.2, -0.15) is 0 Å². The molecule has 2 heterocycles. The fourth-order valence-corrected chi connectivity index (χ4v) is 2.63. The van der Waals surface area contributed by atoms with Gasteiger partial charge in [0.2, 0.25) is 0 Å². The minimum atomic E-state index is -0.198. The number of Topliss-reactive ketones (excluding diaryl/α,β-unsaturated/α-hetero) is 1. The summed E-state index contributed by atoms with van der Waals surface area (Å²) < 4.78 is 3.71. The van der Waals surface area contributed by atoms with Gasteiger partial charge in [-0.1, -0.05) is 16.6 Å². The fourth-order valence-electron chi connectivity index (χ4n) is 2.20. The Bertz CT molecular complexity index is 625. The van der Waals surface area contributed by atoms with Crippen LogP contribution in [0.1, 0.15) is 33.7 Å². The van der Waals surface area contributed by atoms with Crippen molar-refractivity contribution in [2.75, 3.05) is 11.4 Å². The van der Waals surface area contributed by atoms with Crippen molar-refractivity contribution in [1.82, 2.24) is 9.59 Å². The number of hydrogen-bond donors (Lipinski definition) is 0. The maximum atomic E-state index is 12.4. The second-order valence-electron chi connectivity index (χ2n) is 4.29. The summed E-state index contributed by atoms with van der Waals surface area (Å²) in [5.74, 6) is -0.113. The number of carbonyl (C=O) groups is 2. The molecule has 1 aliphatic rings.